The van der Waals surface area contributed by atoms with E-state index in [2.05, 4.69) is 24.1 Å². The third kappa shape index (κ3) is 4.12. The Balaban J connectivity index is 1.71. The van der Waals surface area contributed by atoms with Crippen molar-refractivity contribution in [3.8, 4) is 11.5 Å². The lowest BCUT2D eigenvalue weighted by Gasteiger charge is -2.21. The number of fused-ring (bicyclic) bond motifs is 1. The SMILES string of the molecule is Cc1nc(CC(C)C)sc1C(=O)NC(C)c1ccc2c(c1)OCCO2. The summed E-state index contributed by atoms with van der Waals surface area (Å²) in [6.07, 6.45) is 0.899. The minimum absolute atomic E-state index is 0.0765. The van der Waals surface area contributed by atoms with Crippen molar-refractivity contribution in [2.45, 2.75) is 40.2 Å². The number of thiazole rings is 1. The average Bonchev–Trinajstić information content (AvgIpc) is 2.94. The summed E-state index contributed by atoms with van der Waals surface area (Å²) in [5.74, 6) is 1.94. The molecule has 1 N–H and O–H groups in total. The number of amides is 1. The first-order valence-electron chi connectivity index (χ1n) is 8.60. The van der Waals surface area contributed by atoms with Gasteiger partial charge in [0.2, 0.25) is 0 Å². The Morgan fingerprint density at radius 2 is 1.96 bits per heavy atom. The molecular formula is C19H24N2O3S. The van der Waals surface area contributed by atoms with Gasteiger partial charge in [0.25, 0.3) is 5.91 Å². The van der Waals surface area contributed by atoms with Crippen LogP contribution in [0.4, 0.5) is 0 Å². The number of nitrogens with one attached hydrogen (secondary N) is 1. The van der Waals surface area contributed by atoms with Crippen molar-refractivity contribution in [1.29, 1.82) is 0 Å². The van der Waals surface area contributed by atoms with Crippen LogP contribution in [0.1, 0.15) is 52.7 Å². The first-order chi connectivity index (χ1) is 11.9. The molecule has 6 heteroatoms. The van der Waals surface area contributed by atoms with Gasteiger partial charge in [0.1, 0.15) is 18.1 Å². The van der Waals surface area contributed by atoms with Gasteiger partial charge >= 0.3 is 0 Å². The van der Waals surface area contributed by atoms with Crippen LogP contribution in [0.3, 0.4) is 0 Å². The molecule has 0 aliphatic carbocycles. The molecule has 2 heterocycles. The van der Waals surface area contributed by atoms with E-state index in [0.717, 1.165) is 34.2 Å². The van der Waals surface area contributed by atoms with Crippen molar-refractivity contribution < 1.29 is 14.3 Å². The summed E-state index contributed by atoms with van der Waals surface area (Å²) in [5.41, 5.74) is 1.79. The molecule has 1 atom stereocenters. The van der Waals surface area contributed by atoms with Crippen molar-refractivity contribution >= 4 is 17.2 Å². The van der Waals surface area contributed by atoms with E-state index in [-0.39, 0.29) is 11.9 Å². The molecule has 1 amide bonds. The van der Waals surface area contributed by atoms with Crippen LogP contribution in [-0.4, -0.2) is 24.1 Å². The normalized spacial score (nSPS) is 14.4. The highest BCUT2D eigenvalue weighted by Gasteiger charge is 2.20. The number of benzene rings is 1. The molecule has 2 aromatic rings. The summed E-state index contributed by atoms with van der Waals surface area (Å²) in [5, 5.41) is 4.08. The van der Waals surface area contributed by atoms with E-state index in [9.17, 15) is 4.79 Å². The van der Waals surface area contributed by atoms with E-state index in [0.29, 0.717) is 24.0 Å². The third-order valence-electron chi connectivity index (χ3n) is 4.04. The van der Waals surface area contributed by atoms with E-state index in [4.69, 9.17) is 9.47 Å². The molecule has 1 aliphatic rings. The molecule has 1 aromatic carbocycles. The van der Waals surface area contributed by atoms with Crippen LogP contribution in [0.2, 0.25) is 0 Å². The molecule has 0 saturated carbocycles. The Hall–Kier alpha value is -2.08. The molecule has 0 saturated heterocycles. The predicted octanol–water partition coefficient (Wildman–Crippen LogP) is 3.91. The van der Waals surface area contributed by atoms with Crippen LogP contribution >= 0.6 is 11.3 Å². The fourth-order valence-corrected chi connectivity index (χ4v) is 3.95. The Morgan fingerprint density at radius 3 is 2.68 bits per heavy atom. The highest BCUT2D eigenvalue weighted by atomic mass is 32.1. The van der Waals surface area contributed by atoms with Crippen molar-refractivity contribution in [2.75, 3.05) is 13.2 Å². The van der Waals surface area contributed by atoms with Gasteiger partial charge in [-0.3, -0.25) is 4.79 Å². The topological polar surface area (TPSA) is 60.5 Å². The maximum Gasteiger partial charge on any atom is 0.263 e. The van der Waals surface area contributed by atoms with Gasteiger partial charge in [-0.1, -0.05) is 19.9 Å². The lowest BCUT2D eigenvalue weighted by Crippen LogP contribution is -2.26. The predicted molar refractivity (Wildman–Crippen MR) is 98.7 cm³/mol. The number of rotatable bonds is 5. The lowest BCUT2D eigenvalue weighted by molar-refractivity contribution is 0.0943. The van der Waals surface area contributed by atoms with Crippen LogP contribution in [0, 0.1) is 12.8 Å². The standard InChI is InChI=1S/C19H24N2O3S/c1-11(2)9-17-20-13(4)18(25-17)19(22)21-12(3)14-5-6-15-16(10-14)24-8-7-23-15/h5-6,10-12H,7-9H2,1-4H3,(H,21,22). The maximum absolute atomic E-state index is 12.6. The Labute approximate surface area is 152 Å². The molecule has 1 aromatic heterocycles. The zero-order valence-corrected chi connectivity index (χ0v) is 15.9. The minimum atomic E-state index is -0.127. The maximum atomic E-state index is 12.6. The first-order valence-corrected chi connectivity index (χ1v) is 9.42. The molecule has 5 nitrogen and oxygen atoms in total. The Kier molecular flexibility index (Phi) is 5.27. The summed E-state index contributed by atoms with van der Waals surface area (Å²) in [6.45, 7) is 9.29. The summed E-state index contributed by atoms with van der Waals surface area (Å²) in [6, 6.07) is 5.66. The molecular weight excluding hydrogens is 336 g/mol. The molecule has 0 fully saturated rings. The van der Waals surface area contributed by atoms with Gasteiger partial charge in [-0.25, -0.2) is 4.98 Å². The van der Waals surface area contributed by atoms with Gasteiger partial charge in [-0.2, -0.15) is 0 Å². The van der Waals surface area contributed by atoms with Crippen molar-refractivity contribution in [1.82, 2.24) is 10.3 Å². The molecule has 134 valence electrons. The van der Waals surface area contributed by atoms with Gasteiger partial charge in [-0.15, -0.1) is 11.3 Å². The number of carbonyl (C=O) groups is 1. The second kappa shape index (κ2) is 7.44. The number of aromatic nitrogens is 1. The molecule has 0 bridgehead atoms. The largest absolute Gasteiger partial charge is 0.486 e. The lowest BCUT2D eigenvalue weighted by atomic mass is 10.1. The number of nitrogens with zero attached hydrogens (tertiary/aromatic N) is 1. The summed E-state index contributed by atoms with van der Waals surface area (Å²) in [4.78, 5) is 17.9. The number of hydrogen-bond acceptors (Lipinski definition) is 5. The van der Waals surface area contributed by atoms with E-state index >= 15 is 0 Å². The summed E-state index contributed by atoms with van der Waals surface area (Å²) < 4.78 is 11.2. The molecule has 3 rings (SSSR count). The molecule has 0 radical (unpaired) electrons. The smallest absolute Gasteiger partial charge is 0.263 e. The van der Waals surface area contributed by atoms with E-state index < -0.39 is 0 Å². The summed E-state index contributed by atoms with van der Waals surface area (Å²) in [7, 11) is 0. The Bertz CT molecular complexity index is 770. The van der Waals surface area contributed by atoms with Crippen molar-refractivity contribution in [3.63, 3.8) is 0 Å². The van der Waals surface area contributed by atoms with Crippen molar-refractivity contribution in [3.05, 3.63) is 39.3 Å². The number of aryl methyl sites for hydroxylation is 1. The molecule has 0 spiro atoms. The number of carbonyl (C=O) groups excluding carboxylic acids is 1. The number of ether oxygens (including phenoxy) is 2. The monoisotopic (exact) mass is 360 g/mol. The Morgan fingerprint density at radius 1 is 1.24 bits per heavy atom. The average molecular weight is 360 g/mol. The van der Waals surface area contributed by atoms with Crippen LogP contribution < -0.4 is 14.8 Å². The van der Waals surface area contributed by atoms with E-state index in [1.165, 1.54) is 11.3 Å². The second-order valence-corrected chi connectivity index (χ2v) is 7.80. The fourth-order valence-electron chi connectivity index (χ4n) is 2.77. The quantitative estimate of drug-likeness (QED) is 0.878. The van der Waals surface area contributed by atoms with Gasteiger partial charge < -0.3 is 14.8 Å². The minimum Gasteiger partial charge on any atom is -0.486 e. The molecule has 25 heavy (non-hydrogen) atoms. The van der Waals surface area contributed by atoms with Crippen LogP contribution in [0.15, 0.2) is 18.2 Å². The highest BCUT2D eigenvalue weighted by Crippen LogP contribution is 2.32. The van der Waals surface area contributed by atoms with Gasteiger partial charge in [0.05, 0.1) is 16.7 Å². The van der Waals surface area contributed by atoms with Crippen LogP contribution in [0.25, 0.3) is 0 Å². The molecule has 1 unspecified atom stereocenters. The van der Waals surface area contributed by atoms with Crippen LogP contribution in [0.5, 0.6) is 11.5 Å². The van der Waals surface area contributed by atoms with Crippen LogP contribution in [-0.2, 0) is 6.42 Å². The first kappa shape index (κ1) is 17.7. The zero-order valence-electron chi connectivity index (χ0n) is 15.1. The highest BCUT2D eigenvalue weighted by molar-refractivity contribution is 7.13. The van der Waals surface area contributed by atoms with E-state index in [1.807, 2.05) is 32.0 Å². The van der Waals surface area contributed by atoms with E-state index in [1.54, 1.807) is 0 Å². The fraction of sp³-hybridized carbons (Fsp3) is 0.474. The second-order valence-electron chi connectivity index (χ2n) is 6.72. The summed E-state index contributed by atoms with van der Waals surface area (Å²) >= 11 is 1.49. The molecule has 1 aliphatic heterocycles. The number of hydrogen-bond donors (Lipinski definition) is 1. The van der Waals surface area contributed by atoms with Gasteiger partial charge in [-0.05, 0) is 37.5 Å². The zero-order chi connectivity index (χ0) is 18.0. The van der Waals surface area contributed by atoms with Gasteiger partial charge in [0, 0.05) is 6.42 Å². The van der Waals surface area contributed by atoms with Gasteiger partial charge in [0.15, 0.2) is 11.5 Å². The van der Waals surface area contributed by atoms with Crippen molar-refractivity contribution in [2.24, 2.45) is 5.92 Å². The third-order valence-corrected chi connectivity index (χ3v) is 5.22.